The Labute approximate surface area is 105 Å². The highest BCUT2D eigenvalue weighted by Gasteiger charge is 2.29. The van der Waals surface area contributed by atoms with Gasteiger partial charge in [0, 0.05) is 23.6 Å². The summed E-state index contributed by atoms with van der Waals surface area (Å²) >= 11 is 5.99. The Kier molecular flexibility index (Phi) is 2.37. The molecule has 0 radical (unpaired) electrons. The summed E-state index contributed by atoms with van der Waals surface area (Å²) in [6, 6.07) is 7.66. The van der Waals surface area contributed by atoms with Gasteiger partial charge in [0.2, 0.25) is 0 Å². The Hall–Kier alpha value is -1.48. The fraction of sp³-hybridized carbons (Fsp3) is 0.308. The second-order valence-corrected chi connectivity index (χ2v) is 4.98. The number of anilines is 1. The van der Waals surface area contributed by atoms with Crippen LogP contribution >= 0.6 is 11.6 Å². The van der Waals surface area contributed by atoms with Gasteiger partial charge in [-0.05, 0) is 25.0 Å². The number of halogens is 1. The first-order chi connectivity index (χ1) is 8.16. The molecular weight excluding hydrogens is 234 g/mol. The third kappa shape index (κ3) is 1.80. The van der Waals surface area contributed by atoms with Gasteiger partial charge in [-0.3, -0.25) is 0 Å². The molecule has 4 heteroatoms. The van der Waals surface area contributed by atoms with Gasteiger partial charge >= 0.3 is 0 Å². The third-order valence-corrected chi connectivity index (χ3v) is 3.45. The lowest BCUT2D eigenvalue weighted by Gasteiger charge is -2.01. The van der Waals surface area contributed by atoms with Crippen LogP contribution in [-0.4, -0.2) is 9.55 Å². The van der Waals surface area contributed by atoms with Crippen LogP contribution in [-0.2, 0) is 7.05 Å². The lowest BCUT2D eigenvalue weighted by Crippen LogP contribution is -2.00. The van der Waals surface area contributed by atoms with E-state index in [-0.39, 0.29) is 0 Å². The van der Waals surface area contributed by atoms with E-state index in [2.05, 4.69) is 4.98 Å². The molecule has 1 aromatic heterocycles. The predicted octanol–water partition coefficient (Wildman–Crippen LogP) is 3.20. The van der Waals surface area contributed by atoms with E-state index in [1.54, 1.807) is 0 Å². The fourth-order valence-corrected chi connectivity index (χ4v) is 2.27. The molecule has 1 fully saturated rings. The highest BCUT2D eigenvalue weighted by Crippen LogP contribution is 2.41. The summed E-state index contributed by atoms with van der Waals surface area (Å²) in [6.07, 6.45) is 2.44. The van der Waals surface area contributed by atoms with E-state index in [1.165, 1.54) is 12.8 Å². The molecule has 1 saturated carbocycles. The molecule has 3 rings (SSSR count). The van der Waals surface area contributed by atoms with E-state index in [0.29, 0.717) is 16.8 Å². The number of rotatable bonds is 2. The van der Waals surface area contributed by atoms with Crippen LogP contribution in [0.5, 0.6) is 0 Å². The Bertz CT molecular complexity index is 570. The molecule has 0 bridgehead atoms. The highest BCUT2D eigenvalue weighted by molar-refractivity contribution is 6.30. The summed E-state index contributed by atoms with van der Waals surface area (Å²) in [4.78, 5) is 4.66. The Morgan fingerprint density at radius 3 is 2.82 bits per heavy atom. The standard InChI is InChI=1S/C13H14ClN3/c1-17-12(15)11(16-13(17)8-5-6-8)9-3-2-4-10(14)7-9/h2-4,7-8H,5-6,15H2,1H3. The van der Waals surface area contributed by atoms with E-state index in [1.807, 2.05) is 35.9 Å². The van der Waals surface area contributed by atoms with Gasteiger partial charge in [0.05, 0.1) is 0 Å². The number of nitrogens with zero attached hydrogens (tertiary/aromatic N) is 2. The normalized spacial score (nSPS) is 15.2. The smallest absolute Gasteiger partial charge is 0.131 e. The minimum Gasteiger partial charge on any atom is -0.383 e. The van der Waals surface area contributed by atoms with Gasteiger partial charge in [0.15, 0.2) is 0 Å². The summed E-state index contributed by atoms with van der Waals surface area (Å²) in [5.74, 6) is 2.40. The molecule has 0 aliphatic heterocycles. The van der Waals surface area contributed by atoms with Crippen molar-refractivity contribution in [2.75, 3.05) is 5.73 Å². The molecule has 0 spiro atoms. The molecule has 2 N–H and O–H groups in total. The number of nitrogen functional groups attached to an aromatic ring is 1. The van der Waals surface area contributed by atoms with Crippen molar-refractivity contribution in [2.24, 2.45) is 7.05 Å². The van der Waals surface area contributed by atoms with Gasteiger partial charge in [-0.25, -0.2) is 4.98 Å². The molecule has 1 aromatic carbocycles. The van der Waals surface area contributed by atoms with Gasteiger partial charge in [0.1, 0.15) is 17.3 Å². The molecule has 0 amide bonds. The van der Waals surface area contributed by atoms with Gasteiger partial charge < -0.3 is 10.3 Å². The maximum absolute atomic E-state index is 6.11. The van der Waals surface area contributed by atoms with E-state index in [9.17, 15) is 0 Å². The first kappa shape index (κ1) is 10.7. The molecule has 88 valence electrons. The zero-order chi connectivity index (χ0) is 12.0. The lowest BCUT2D eigenvalue weighted by molar-refractivity contribution is 0.807. The Morgan fingerprint density at radius 1 is 1.41 bits per heavy atom. The van der Waals surface area contributed by atoms with Crippen LogP contribution < -0.4 is 5.73 Å². The van der Waals surface area contributed by atoms with Crippen LogP contribution in [0.4, 0.5) is 5.82 Å². The van der Waals surface area contributed by atoms with Crippen molar-refractivity contribution >= 4 is 17.4 Å². The molecule has 0 saturated heterocycles. The van der Waals surface area contributed by atoms with Crippen LogP contribution in [0.15, 0.2) is 24.3 Å². The predicted molar refractivity (Wildman–Crippen MR) is 70.0 cm³/mol. The molecule has 1 heterocycles. The summed E-state index contributed by atoms with van der Waals surface area (Å²) in [5, 5.41) is 0.709. The summed E-state index contributed by atoms with van der Waals surface area (Å²) in [6.45, 7) is 0. The highest BCUT2D eigenvalue weighted by atomic mass is 35.5. The molecule has 0 atom stereocenters. The topological polar surface area (TPSA) is 43.8 Å². The van der Waals surface area contributed by atoms with Crippen molar-refractivity contribution in [3.05, 3.63) is 35.1 Å². The van der Waals surface area contributed by atoms with Gasteiger partial charge in [-0.1, -0.05) is 23.7 Å². The second-order valence-electron chi connectivity index (χ2n) is 4.55. The molecule has 1 aliphatic carbocycles. The first-order valence-corrected chi connectivity index (χ1v) is 6.12. The lowest BCUT2D eigenvalue weighted by atomic mass is 10.1. The monoisotopic (exact) mass is 247 g/mol. The van der Waals surface area contributed by atoms with Crippen LogP contribution in [0.3, 0.4) is 0 Å². The fourth-order valence-electron chi connectivity index (χ4n) is 2.08. The number of imidazole rings is 1. The van der Waals surface area contributed by atoms with Gasteiger partial charge in [-0.15, -0.1) is 0 Å². The van der Waals surface area contributed by atoms with Crippen molar-refractivity contribution in [3.8, 4) is 11.3 Å². The molecule has 3 nitrogen and oxygen atoms in total. The van der Waals surface area contributed by atoms with Crippen LogP contribution in [0.1, 0.15) is 24.6 Å². The maximum Gasteiger partial charge on any atom is 0.131 e. The molecule has 0 unspecified atom stereocenters. The third-order valence-electron chi connectivity index (χ3n) is 3.21. The van der Waals surface area contributed by atoms with Crippen LogP contribution in [0.25, 0.3) is 11.3 Å². The zero-order valence-corrected chi connectivity index (χ0v) is 10.4. The minimum absolute atomic E-state index is 0.593. The average molecular weight is 248 g/mol. The Balaban J connectivity index is 2.11. The van der Waals surface area contributed by atoms with Crippen molar-refractivity contribution in [1.29, 1.82) is 0 Å². The number of benzene rings is 1. The molecule has 1 aliphatic rings. The van der Waals surface area contributed by atoms with Gasteiger partial charge in [0.25, 0.3) is 0 Å². The maximum atomic E-state index is 6.11. The number of hydrogen-bond acceptors (Lipinski definition) is 2. The first-order valence-electron chi connectivity index (χ1n) is 5.75. The second kappa shape index (κ2) is 3.77. The summed E-state index contributed by atoms with van der Waals surface area (Å²) < 4.78 is 1.99. The zero-order valence-electron chi connectivity index (χ0n) is 9.65. The van der Waals surface area contributed by atoms with Crippen molar-refractivity contribution < 1.29 is 0 Å². The van der Waals surface area contributed by atoms with Crippen molar-refractivity contribution in [3.63, 3.8) is 0 Å². The van der Waals surface area contributed by atoms with E-state index < -0.39 is 0 Å². The van der Waals surface area contributed by atoms with Gasteiger partial charge in [-0.2, -0.15) is 0 Å². The minimum atomic E-state index is 0.593. The number of nitrogens with two attached hydrogens (primary N) is 1. The Morgan fingerprint density at radius 2 is 2.18 bits per heavy atom. The van der Waals surface area contributed by atoms with E-state index in [0.717, 1.165) is 17.1 Å². The van der Waals surface area contributed by atoms with Crippen LogP contribution in [0.2, 0.25) is 5.02 Å². The summed E-state index contributed by atoms with van der Waals surface area (Å²) in [7, 11) is 1.98. The molecule has 2 aromatic rings. The summed E-state index contributed by atoms with van der Waals surface area (Å²) in [5.41, 5.74) is 7.94. The van der Waals surface area contributed by atoms with Crippen LogP contribution in [0, 0.1) is 0 Å². The van der Waals surface area contributed by atoms with Crippen molar-refractivity contribution in [1.82, 2.24) is 9.55 Å². The quantitative estimate of drug-likeness (QED) is 0.886. The molecule has 17 heavy (non-hydrogen) atoms. The van der Waals surface area contributed by atoms with E-state index >= 15 is 0 Å². The van der Waals surface area contributed by atoms with Crippen molar-refractivity contribution in [2.45, 2.75) is 18.8 Å². The number of hydrogen-bond donors (Lipinski definition) is 1. The number of aromatic nitrogens is 2. The van der Waals surface area contributed by atoms with E-state index in [4.69, 9.17) is 17.3 Å². The average Bonchev–Trinajstić information content (AvgIpc) is 3.09. The SMILES string of the molecule is Cn1c(C2CC2)nc(-c2cccc(Cl)c2)c1N. The largest absolute Gasteiger partial charge is 0.383 e. The molecular formula is C13H14ClN3.